The second-order valence-electron chi connectivity index (χ2n) is 7.26. The fourth-order valence-corrected chi connectivity index (χ4v) is 3.39. The monoisotopic (exact) mass is 394 g/mol. The molecule has 2 heterocycles. The largest absolute Gasteiger partial charge is 0.351 e. The average molecular weight is 395 g/mol. The van der Waals surface area contributed by atoms with Crippen molar-refractivity contribution < 1.29 is 4.52 Å². The first-order valence-electron chi connectivity index (χ1n) is 9.41. The van der Waals surface area contributed by atoms with Gasteiger partial charge >= 0.3 is 0 Å². The highest BCUT2D eigenvalue weighted by Crippen LogP contribution is 2.26. The van der Waals surface area contributed by atoms with Crippen molar-refractivity contribution in [2.45, 2.75) is 19.3 Å². The second-order valence-corrected chi connectivity index (χ2v) is 7.69. The lowest BCUT2D eigenvalue weighted by atomic mass is 10.1. The Morgan fingerprint density at radius 2 is 1.86 bits per heavy atom. The molecule has 5 nitrogen and oxygen atoms in total. The number of H-pyrrole nitrogens is 1. The van der Waals surface area contributed by atoms with E-state index in [1.165, 1.54) is 16.5 Å². The summed E-state index contributed by atoms with van der Waals surface area (Å²) in [5.74, 6) is 1.23. The number of rotatable bonds is 7. The van der Waals surface area contributed by atoms with Crippen molar-refractivity contribution in [1.29, 1.82) is 0 Å². The van der Waals surface area contributed by atoms with Gasteiger partial charge in [0.05, 0.1) is 0 Å². The zero-order chi connectivity index (χ0) is 19.5. The first kappa shape index (κ1) is 18.7. The Hall–Kier alpha value is -2.63. The summed E-state index contributed by atoms with van der Waals surface area (Å²) in [5.41, 5.74) is 4.47. The SMILES string of the molecule is CN(C)CCc1cccc2[nH]c(-c3nc(CCc4ccc(Cl)cc4)no3)cc12. The Balaban J connectivity index is 1.50. The Morgan fingerprint density at radius 3 is 2.64 bits per heavy atom. The maximum atomic E-state index is 5.93. The highest BCUT2D eigenvalue weighted by molar-refractivity contribution is 6.30. The lowest BCUT2D eigenvalue weighted by Gasteiger charge is -2.09. The number of fused-ring (bicyclic) bond motifs is 1. The molecule has 1 N–H and O–H groups in total. The smallest absolute Gasteiger partial charge is 0.274 e. The van der Waals surface area contributed by atoms with Crippen molar-refractivity contribution in [2.24, 2.45) is 0 Å². The van der Waals surface area contributed by atoms with Crippen LogP contribution in [-0.2, 0) is 19.3 Å². The number of hydrogen-bond acceptors (Lipinski definition) is 4. The summed E-state index contributed by atoms with van der Waals surface area (Å²) in [7, 11) is 4.18. The molecule has 0 bridgehead atoms. The summed E-state index contributed by atoms with van der Waals surface area (Å²) in [6.45, 7) is 1.01. The Bertz CT molecular complexity index is 1070. The normalized spacial score (nSPS) is 11.6. The van der Waals surface area contributed by atoms with Crippen LogP contribution >= 0.6 is 11.6 Å². The van der Waals surface area contributed by atoms with Crippen LogP contribution in [0.25, 0.3) is 22.5 Å². The lowest BCUT2D eigenvalue weighted by molar-refractivity contribution is 0.414. The minimum Gasteiger partial charge on any atom is -0.351 e. The van der Waals surface area contributed by atoms with Gasteiger partial charge in [0.15, 0.2) is 5.82 Å². The maximum Gasteiger partial charge on any atom is 0.274 e. The molecule has 0 aliphatic carbocycles. The summed E-state index contributed by atoms with van der Waals surface area (Å²) in [4.78, 5) is 10.2. The molecule has 0 saturated carbocycles. The van der Waals surface area contributed by atoms with Gasteiger partial charge in [0.2, 0.25) is 0 Å². The minimum atomic E-state index is 0.529. The van der Waals surface area contributed by atoms with Crippen LogP contribution in [0.4, 0.5) is 0 Å². The molecular formula is C22H23ClN4O. The van der Waals surface area contributed by atoms with E-state index >= 15 is 0 Å². The van der Waals surface area contributed by atoms with Crippen LogP contribution in [0.5, 0.6) is 0 Å². The summed E-state index contributed by atoms with van der Waals surface area (Å²) < 4.78 is 5.50. The van der Waals surface area contributed by atoms with Crippen molar-refractivity contribution in [3.63, 3.8) is 0 Å². The van der Waals surface area contributed by atoms with Gasteiger partial charge in [-0.25, -0.2) is 0 Å². The van der Waals surface area contributed by atoms with Crippen LogP contribution < -0.4 is 0 Å². The maximum absolute atomic E-state index is 5.93. The topological polar surface area (TPSA) is 58.0 Å². The van der Waals surface area contributed by atoms with Gasteiger partial charge < -0.3 is 14.4 Å². The van der Waals surface area contributed by atoms with Crippen molar-refractivity contribution in [3.05, 3.63) is 70.5 Å². The van der Waals surface area contributed by atoms with E-state index in [2.05, 4.69) is 58.4 Å². The molecule has 6 heteroatoms. The minimum absolute atomic E-state index is 0.529. The van der Waals surface area contributed by atoms with E-state index in [0.29, 0.717) is 11.7 Å². The molecule has 0 atom stereocenters. The Labute approximate surface area is 169 Å². The van der Waals surface area contributed by atoms with Gasteiger partial charge in [-0.05, 0) is 62.3 Å². The van der Waals surface area contributed by atoms with Crippen molar-refractivity contribution in [1.82, 2.24) is 20.0 Å². The third-order valence-corrected chi connectivity index (χ3v) is 5.08. The standard InChI is InChI=1S/C22H23ClN4O/c1-27(2)13-12-16-4-3-5-19-18(16)14-20(24-19)22-25-21(26-28-22)11-8-15-6-9-17(23)10-7-15/h3-7,9-10,14,24H,8,11-13H2,1-2H3. The molecule has 4 rings (SSSR count). The summed E-state index contributed by atoms with van der Waals surface area (Å²) >= 11 is 5.93. The van der Waals surface area contributed by atoms with E-state index in [9.17, 15) is 0 Å². The van der Waals surface area contributed by atoms with Crippen molar-refractivity contribution >= 4 is 22.5 Å². The quantitative estimate of drug-likeness (QED) is 0.491. The van der Waals surface area contributed by atoms with Crippen LogP contribution in [0.3, 0.4) is 0 Å². The molecule has 0 fully saturated rings. The molecule has 0 radical (unpaired) electrons. The third kappa shape index (κ3) is 4.26. The molecule has 0 spiro atoms. The van der Waals surface area contributed by atoms with Crippen LogP contribution in [0.2, 0.25) is 5.02 Å². The number of nitrogens with one attached hydrogen (secondary N) is 1. The third-order valence-electron chi connectivity index (χ3n) is 4.83. The van der Waals surface area contributed by atoms with E-state index in [4.69, 9.17) is 16.1 Å². The molecule has 0 aliphatic rings. The molecule has 4 aromatic rings. The highest BCUT2D eigenvalue weighted by atomic mass is 35.5. The zero-order valence-electron chi connectivity index (χ0n) is 16.1. The van der Waals surface area contributed by atoms with Gasteiger partial charge in [-0.15, -0.1) is 0 Å². The number of hydrogen-bond donors (Lipinski definition) is 1. The predicted octanol–water partition coefficient (Wildman–Crippen LogP) is 4.76. The van der Waals surface area contributed by atoms with Crippen molar-refractivity contribution in [2.75, 3.05) is 20.6 Å². The number of nitrogens with zero attached hydrogens (tertiary/aromatic N) is 3. The fourth-order valence-electron chi connectivity index (χ4n) is 3.27. The van der Waals surface area contributed by atoms with E-state index in [1.54, 1.807) is 0 Å². The van der Waals surface area contributed by atoms with E-state index < -0.39 is 0 Å². The van der Waals surface area contributed by atoms with Crippen LogP contribution in [0.15, 0.2) is 53.1 Å². The number of likely N-dealkylation sites (N-methyl/N-ethyl adjacent to an activating group) is 1. The highest BCUT2D eigenvalue weighted by Gasteiger charge is 2.13. The van der Waals surface area contributed by atoms with E-state index in [1.807, 2.05) is 24.3 Å². The van der Waals surface area contributed by atoms with Gasteiger partial charge in [0, 0.05) is 28.9 Å². The van der Waals surface area contributed by atoms with Gasteiger partial charge in [-0.1, -0.05) is 41.0 Å². The average Bonchev–Trinajstić information content (AvgIpc) is 3.32. The molecule has 0 aliphatic heterocycles. The van der Waals surface area contributed by atoms with Crippen molar-refractivity contribution in [3.8, 4) is 11.6 Å². The summed E-state index contributed by atoms with van der Waals surface area (Å²) in [6, 6.07) is 16.3. The Kier molecular flexibility index (Phi) is 5.46. The number of aromatic amines is 1. The van der Waals surface area contributed by atoms with E-state index in [-0.39, 0.29) is 0 Å². The molecule has 28 heavy (non-hydrogen) atoms. The van der Waals surface area contributed by atoms with Gasteiger partial charge in [-0.3, -0.25) is 0 Å². The fraction of sp³-hybridized carbons (Fsp3) is 0.273. The number of aromatic nitrogens is 3. The molecule has 0 amide bonds. The number of benzene rings is 2. The van der Waals surface area contributed by atoms with Crippen LogP contribution in [-0.4, -0.2) is 40.7 Å². The second kappa shape index (κ2) is 8.17. The molecule has 144 valence electrons. The van der Waals surface area contributed by atoms with Gasteiger partial charge in [0.25, 0.3) is 5.89 Å². The molecule has 2 aromatic heterocycles. The van der Waals surface area contributed by atoms with Gasteiger partial charge in [-0.2, -0.15) is 4.98 Å². The first-order valence-corrected chi connectivity index (χ1v) is 9.79. The number of aryl methyl sites for hydroxylation is 2. The van der Waals surface area contributed by atoms with Crippen LogP contribution in [0, 0.1) is 0 Å². The van der Waals surface area contributed by atoms with Gasteiger partial charge in [0.1, 0.15) is 5.69 Å². The molecule has 2 aromatic carbocycles. The first-order chi connectivity index (χ1) is 13.6. The predicted molar refractivity (Wildman–Crippen MR) is 113 cm³/mol. The Morgan fingerprint density at radius 1 is 1.04 bits per heavy atom. The number of halogens is 1. The van der Waals surface area contributed by atoms with Crippen LogP contribution in [0.1, 0.15) is 17.0 Å². The zero-order valence-corrected chi connectivity index (χ0v) is 16.8. The lowest BCUT2D eigenvalue weighted by Crippen LogP contribution is -2.15. The molecule has 0 unspecified atom stereocenters. The van der Waals surface area contributed by atoms with E-state index in [0.717, 1.165) is 42.0 Å². The molecule has 0 saturated heterocycles. The summed E-state index contributed by atoms with van der Waals surface area (Å²) in [5, 5.41) is 6.09. The molecular weight excluding hydrogens is 372 g/mol. The summed E-state index contributed by atoms with van der Waals surface area (Å²) in [6.07, 6.45) is 2.56.